The Labute approximate surface area is 161 Å². The molecule has 1 aromatic carbocycles. The van der Waals surface area contributed by atoms with Gasteiger partial charge in [0.25, 0.3) is 5.56 Å². The van der Waals surface area contributed by atoms with Crippen molar-refractivity contribution in [3.05, 3.63) is 68.1 Å². The summed E-state index contributed by atoms with van der Waals surface area (Å²) in [6.45, 7) is -0.228. The van der Waals surface area contributed by atoms with Crippen molar-refractivity contribution in [1.29, 1.82) is 0 Å². The minimum atomic E-state index is -4.47. The Hall–Kier alpha value is -2.68. The lowest BCUT2D eigenvalue weighted by Crippen LogP contribution is -2.18. The molecular formula is C19H15F3N2O3S. The highest BCUT2D eigenvalue weighted by Gasteiger charge is 2.30. The number of carbonyl (C=O) groups is 1. The molecule has 0 unspecified atom stereocenters. The molecule has 9 heteroatoms. The second-order valence-corrected chi connectivity index (χ2v) is 7.60. The fourth-order valence-electron chi connectivity index (χ4n) is 3.23. The lowest BCUT2D eigenvalue weighted by molar-refractivity contribution is -0.137. The van der Waals surface area contributed by atoms with Gasteiger partial charge in [0.1, 0.15) is 6.61 Å². The van der Waals surface area contributed by atoms with Crippen molar-refractivity contribution in [3.63, 3.8) is 0 Å². The number of esters is 1. The number of ether oxygens (including phenoxy) is 1. The minimum absolute atomic E-state index is 0.00242. The highest BCUT2D eigenvalue weighted by molar-refractivity contribution is 7.17. The summed E-state index contributed by atoms with van der Waals surface area (Å²) in [5, 5.41) is 0. The molecule has 0 fully saturated rings. The molecule has 0 saturated heterocycles. The standard InChI is InChI=1S/C19H15F3N2O3S/c20-19(21,22)12-7-5-11(6-8-12)17(26)27-10-13-9-16(25)24-14-3-1-2-4-15(14)28-18(24)23-13/h5-9H,1-4,10H2. The van der Waals surface area contributed by atoms with E-state index in [4.69, 9.17) is 4.74 Å². The first-order valence-electron chi connectivity index (χ1n) is 8.70. The summed E-state index contributed by atoms with van der Waals surface area (Å²) < 4.78 is 44.5. The summed E-state index contributed by atoms with van der Waals surface area (Å²) in [6.07, 6.45) is -0.562. The number of aromatic nitrogens is 2. The Kier molecular flexibility index (Phi) is 4.70. The molecule has 1 aliphatic carbocycles. The van der Waals surface area contributed by atoms with E-state index in [1.807, 2.05) is 0 Å². The molecule has 1 aliphatic rings. The number of hydrogen-bond donors (Lipinski definition) is 0. The molecule has 2 heterocycles. The SMILES string of the molecule is O=C(OCc1cc(=O)n2c3c(sc2n1)CCCC3)c1ccc(C(F)(F)F)cc1. The summed E-state index contributed by atoms with van der Waals surface area (Å²) in [6, 6.07) is 5.09. The molecule has 3 aromatic rings. The number of thiazole rings is 1. The molecule has 0 amide bonds. The van der Waals surface area contributed by atoms with Crippen LogP contribution in [-0.4, -0.2) is 15.4 Å². The lowest BCUT2D eigenvalue weighted by atomic mass is 10.0. The Morgan fingerprint density at radius 2 is 1.89 bits per heavy atom. The second kappa shape index (κ2) is 7.05. The molecule has 28 heavy (non-hydrogen) atoms. The zero-order valence-electron chi connectivity index (χ0n) is 14.6. The maximum atomic E-state index is 12.6. The van der Waals surface area contributed by atoms with E-state index in [2.05, 4.69) is 4.98 Å². The lowest BCUT2D eigenvalue weighted by Gasteiger charge is -2.10. The van der Waals surface area contributed by atoms with Gasteiger partial charge in [-0.15, -0.1) is 11.3 Å². The van der Waals surface area contributed by atoms with Crippen molar-refractivity contribution in [2.75, 3.05) is 0 Å². The van der Waals surface area contributed by atoms with E-state index >= 15 is 0 Å². The molecule has 0 spiro atoms. The van der Waals surface area contributed by atoms with Gasteiger partial charge in [0.05, 0.1) is 16.8 Å². The van der Waals surface area contributed by atoms with Crippen LogP contribution in [0.2, 0.25) is 0 Å². The maximum absolute atomic E-state index is 12.6. The molecule has 0 saturated carbocycles. The van der Waals surface area contributed by atoms with Gasteiger partial charge >= 0.3 is 12.1 Å². The normalized spacial score (nSPS) is 14.1. The number of nitrogens with zero attached hydrogens (tertiary/aromatic N) is 2. The van der Waals surface area contributed by atoms with Gasteiger partial charge in [-0.05, 0) is 49.9 Å². The van der Waals surface area contributed by atoms with Gasteiger partial charge in [0, 0.05) is 16.6 Å². The molecule has 4 rings (SSSR count). The fraction of sp³-hybridized carbons (Fsp3) is 0.316. The van der Waals surface area contributed by atoms with Gasteiger partial charge in [0.2, 0.25) is 0 Å². The van der Waals surface area contributed by atoms with Crippen molar-refractivity contribution < 1.29 is 22.7 Å². The van der Waals surface area contributed by atoms with Crippen LogP contribution in [0.1, 0.15) is 45.0 Å². The zero-order valence-corrected chi connectivity index (χ0v) is 15.4. The number of carbonyl (C=O) groups excluding carboxylic acids is 1. The molecule has 0 bridgehead atoms. The molecule has 0 aliphatic heterocycles. The van der Waals surface area contributed by atoms with Crippen LogP contribution < -0.4 is 5.56 Å². The number of hydrogen-bond acceptors (Lipinski definition) is 5. The Balaban J connectivity index is 1.51. The summed E-state index contributed by atoms with van der Waals surface area (Å²) in [4.78, 5) is 30.7. The molecule has 146 valence electrons. The second-order valence-electron chi connectivity index (χ2n) is 6.53. The van der Waals surface area contributed by atoms with E-state index in [1.165, 1.54) is 17.4 Å². The zero-order chi connectivity index (χ0) is 19.9. The topological polar surface area (TPSA) is 60.7 Å². The van der Waals surface area contributed by atoms with Gasteiger partial charge in [0.15, 0.2) is 4.96 Å². The van der Waals surface area contributed by atoms with E-state index < -0.39 is 17.7 Å². The van der Waals surface area contributed by atoms with E-state index in [9.17, 15) is 22.8 Å². The van der Waals surface area contributed by atoms with E-state index in [0.717, 1.165) is 60.5 Å². The van der Waals surface area contributed by atoms with E-state index in [0.29, 0.717) is 10.7 Å². The first kappa shape index (κ1) is 18.7. The third-order valence-corrected chi connectivity index (χ3v) is 5.76. The van der Waals surface area contributed by atoms with Crippen LogP contribution in [0.5, 0.6) is 0 Å². The van der Waals surface area contributed by atoms with Gasteiger partial charge in [-0.3, -0.25) is 9.20 Å². The number of alkyl halides is 3. The van der Waals surface area contributed by atoms with Crippen LogP contribution in [0.4, 0.5) is 13.2 Å². The quantitative estimate of drug-likeness (QED) is 0.615. The first-order chi connectivity index (χ1) is 13.3. The van der Waals surface area contributed by atoms with Crippen molar-refractivity contribution >= 4 is 22.3 Å². The van der Waals surface area contributed by atoms with Crippen LogP contribution in [0.15, 0.2) is 35.1 Å². The number of benzene rings is 1. The molecule has 2 aromatic heterocycles. The Morgan fingerprint density at radius 1 is 1.18 bits per heavy atom. The fourth-order valence-corrected chi connectivity index (χ4v) is 4.47. The minimum Gasteiger partial charge on any atom is -0.456 e. The van der Waals surface area contributed by atoms with Gasteiger partial charge in [-0.2, -0.15) is 13.2 Å². The molecular weight excluding hydrogens is 393 g/mol. The smallest absolute Gasteiger partial charge is 0.416 e. The van der Waals surface area contributed by atoms with Crippen molar-refractivity contribution in [2.24, 2.45) is 0 Å². The van der Waals surface area contributed by atoms with Gasteiger partial charge < -0.3 is 4.74 Å². The molecule has 0 atom stereocenters. The Morgan fingerprint density at radius 3 is 2.61 bits per heavy atom. The monoisotopic (exact) mass is 408 g/mol. The predicted octanol–water partition coefficient (Wildman–Crippen LogP) is 4.01. The third kappa shape index (κ3) is 3.54. The van der Waals surface area contributed by atoms with Crippen molar-refractivity contribution in [3.8, 4) is 0 Å². The highest BCUT2D eigenvalue weighted by atomic mass is 32.1. The van der Waals surface area contributed by atoms with Crippen molar-refractivity contribution in [2.45, 2.75) is 38.5 Å². The largest absolute Gasteiger partial charge is 0.456 e. The summed E-state index contributed by atoms with van der Waals surface area (Å²) in [7, 11) is 0. The molecule has 0 radical (unpaired) electrons. The number of rotatable bonds is 3. The van der Waals surface area contributed by atoms with E-state index in [-0.39, 0.29) is 17.7 Å². The number of halogens is 3. The summed E-state index contributed by atoms with van der Waals surface area (Å²) in [5.41, 5.74) is 0.258. The molecule has 5 nitrogen and oxygen atoms in total. The van der Waals surface area contributed by atoms with Crippen LogP contribution in [0.3, 0.4) is 0 Å². The number of aryl methyl sites for hydroxylation is 2. The van der Waals surface area contributed by atoms with Crippen LogP contribution >= 0.6 is 11.3 Å². The highest BCUT2D eigenvalue weighted by Crippen LogP contribution is 2.30. The van der Waals surface area contributed by atoms with Gasteiger partial charge in [-0.25, -0.2) is 9.78 Å². The van der Waals surface area contributed by atoms with Crippen LogP contribution in [0, 0.1) is 0 Å². The van der Waals surface area contributed by atoms with Crippen molar-refractivity contribution in [1.82, 2.24) is 9.38 Å². The van der Waals surface area contributed by atoms with Crippen LogP contribution in [-0.2, 0) is 30.4 Å². The third-order valence-electron chi connectivity index (χ3n) is 4.61. The first-order valence-corrected chi connectivity index (χ1v) is 9.52. The predicted molar refractivity (Wildman–Crippen MR) is 96.5 cm³/mol. The average Bonchev–Trinajstić information content (AvgIpc) is 3.04. The average molecular weight is 408 g/mol. The van der Waals surface area contributed by atoms with E-state index in [1.54, 1.807) is 4.40 Å². The number of fused-ring (bicyclic) bond motifs is 3. The van der Waals surface area contributed by atoms with Crippen LogP contribution in [0.25, 0.3) is 4.96 Å². The van der Waals surface area contributed by atoms with Gasteiger partial charge in [-0.1, -0.05) is 0 Å². The summed E-state index contributed by atoms with van der Waals surface area (Å²) >= 11 is 1.47. The molecule has 0 N–H and O–H groups in total. The summed E-state index contributed by atoms with van der Waals surface area (Å²) in [5.74, 6) is -0.777. The Bertz CT molecular complexity index is 1100. The maximum Gasteiger partial charge on any atom is 0.416 e.